The zero-order valence-electron chi connectivity index (χ0n) is 13.9. The Morgan fingerprint density at radius 1 is 1.28 bits per heavy atom. The molecule has 8 heteroatoms. The Labute approximate surface area is 146 Å². The van der Waals surface area contributed by atoms with Crippen molar-refractivity contribution in [2.75, 3.05) is 0 Å². The van der Waals surface area contributed by atoms with Crippen LogP contribution in [-0.2, 0) is 10.0 Å². The normalized spacial score (nSPS) is 26.1. The van der Waals surface area contributed by atoms with Crippen LogP contribution in [0.2, 0.25) is 0 Å². The van der Waals surface area contributed by atoms with E-state index in [0.717, 1.165) is 37.3 Å². The summed E-state index contributed by atoms with van der Waals surface area (Å²) in [6, 6.07) is 4.60. The van der Waals surface area contributed by atoms with Gasteiger partial charge in [-0.3, -0.25) is 0 Å². The van der Waals surface area contributed by atoms with Crippen LogP contribution >= 0.6 is 0 Å². The van der Waals surface area contributed by atoms with Crippen LogP contribution in [-0.4, -0.2) is 36.3 Å². The van der Waals surface area contributed by atoms with Crippen LogP contribution in [0.25, 0.3) is 5.69 Å². The van der Waals surface area contributed by atoms with Gasteiger partial charge in [0, 0.05) is 24.3 Å². The van der Waals surface area contributed by atoms with Crippen LogP contribution in [0.15, 0.2) is 35.5 Å². The molecule has 3 heterocycles. The summed E-state index contributed by atoms with van der Waals surface area (Å²) in [5.74, 6) is -0.614. The minimum atomic E-state index is -3.74. The molecular formula is C17H21FN4O2S. The van der Waals surface area contributed by atoms with Gasteiger partial charge in [-0.1, -0.05) is 0 Å². The van der Waals surface area contributed by atoms with Crippen LogP contribution in [0, 0.1) is 12.7 Å². The molecular weight excluding hydrogens is 343 g/mol. The number of fused-ring (bicyclic) bond motifs is 2. The second kappa shape index (κ2) is 6.19. The number of halogens is 1. The molecule has 0 aliphatic carbocycles. The van der Waals surface area contributed by atoms with E-state index in [9.17, 15) is 12.8 Å². The Hall–Kier alpha value is -1.77. The lowest BCUT2D eigenvalue weighted by molar-refractivity contribution is 0.345. The van der Waals surface area contributed by atoms with Gasteiger partial charge < -0.3 is 5.32 Å². The number of sulfonamides is 1. The molecule has 2 aromatic rings. The van der Waals surface area contributed by atoms with Gasteiger partial charge in [-0.15, -0.1) is 0 Å². The lowest BCUT2D eigenvalue weighted by Gasteiger charge is -2.29. The highest BCUT2D eigenvalue weighted by molar-refractivity contribution is 7.89. The maximum Gasteiger partial charge on any atom is 0.240 e. The fourth-order valence-electron chi connectivity index (χ4n) is 3.83. The van der Waals surface area contributed by atoms with E-state index in [1.165, 1.54) is 16.8 Å². The number of benzene rings is 1. The van der Waals surface area contributed by atoms with Gasteiger partial charge in [0.25, 0.3) is 0 Å². The summed E-state index contributed by atoms with van der Waals surface area (Å²) >= 11 is 0. The molecule has 2 N–H and O–H groups in total. The molecule has 4 rings (SSSR count). The largest absolute Gasteiger partial charge is 0.311 e. The van der Waals surface area contributed by atoms with Crippen molar-refractivity contribution in [3.05, 3.63) is 42.0 Å². The van der Waals surface area contributed by atoms with Crippen molar-refractivity contribution in [3.8, 4) is 5.69 Å². The summed E-state index contributed by atoms with van der Waals surface area (Å²) in [6.45, 7) is 1.86. The first-order chi connectivity index (χ1) is 11.9. The minimum Gasteiger partial charge on any atom is -0.311 e. The van der Waals surface area contributed by atoms with Crippen molar-refractivity contribution in [3.63, 3.8) is 0 Å². The zero-order chi connectivity index (χ0) is 17.6. The molecule has 2 aliphatic heterocycles. The molecule has 0 saturated carbocycles. The van der Waals surface area contributed by atoms with Crippen molar-refractivity contribution in [2.45, 2.75) is 55.6 Å². The first-order valence-electron chi connectivity index (χ1n) is 8.50. The van der Waals surface area contributed by atoms with E-state index in [1.807, 2.05) is 6.92 Å². The Morgan fingerprint density at radius 3 is 2.60 bits per heavy atom. The van der Waals surface area contributed by atoms with Crippen molar-refractivity contribution in [1.82, 2.24) is 19.8 Å². The summed E-state index contributed by atoms with van der Waals surface area (Å²) < 4.78 is 43.8. The van der Waals surface area contributed by atoms with E-state index in [4.69, 9.17) is 0 Å². The fraction of sp³-hybridized carbons (Fsp3) is 0.471. The van der Waals surface area contributed by atoms with Gasteiger partial charge in [-0.25, -0.2) is 22.2 Å². The lowest BCUT2D eigenvalue weighted by Crippen LogP contribution is -2.47. The van der Waals surface area contributed by atoms with Gasteiger partial charge in [0.05, 0.1) is 11.1 Å². The third-order valence-electron chi connectivity index (χ3n) is 4.98. The summed E-state index contributed by atoms with van der Waals surface area (Å²) in [5.41, 5.74) is 1.13. The lowest BCUT2D eigenvalue weighted by atomic mass is 10.0. The number of aryl methyl sites for hydroxylation is 1. The van der Waals surface area contributed by atoms with E-state index in [-0.39, 0.29) is 16.6 Å². The molecule has 1 aromatic carbocycles. The second-order valence-corrected chi connectivity index (χ2v) is 8.72. The van der Waals surface area contributed by atoms with Crippen molar-refractivity contribution < 1.29 is 12.8 Å². The van der Waals surface area contributed by atoms with E-state index < -0.39 is 15.8 Å². The van der Waals surface area contributed by atoms with Gasteiger partial charge in [-0.05, 0) is 56.4 Å². The second-order valence-electron chi connectivity index (χ2n) is 7.00. The van der Waals surface area contributed by atoms with Crippen LogP contribution in [0.3, 0.4) is 0 Å². The van der Waals surface area contributed by atoms with Crippen molar-refractivity contribution in [2.24, 2.45) is 0 Å². The zero-order valence-corrected chi connectivity index (χ0v) is 14.8. The highest BCUT2D eigenvalue weighted by Gasteiger charge is 2.35. The predicted octanol–water partition coefficient (Wildman–Crippen LogP) is 1.88. The average molecular weight is 364 g/mol. The highest BCUT2D eigenvalue weighted by atomic mass is 32.2. The molecule has 2 atom stereocenters. The topological polar surface area (TPSA) is 76.0 Å². The van der Waals surface area contributed by atoms with E-state index in [0.29, 0.717) is 12.1 Å². The molecule has 2 unspecified atom stereocenters. The number of nitrogens with one attached hydrogen (secondary N) is 2. The number of hydrogen-bond acceptors (Lipinski definition) is 4. The Morgan fingerprint density at radius 2 is 2.00 bits per heavy atom. The summed E-state index contributed by atoms with van der Waals surface area (Å²) in [4.78, 5) is -0.0523. The molecule has 2 saturated heterocycles. The van der Waals surface area contributed by atoms with Gasteiger partial charge >= 0.3 is 0 Å². The standard InChI is InChI=1S/C17H21FN4O2S/c1-11-9-19-22(10-11)17-5-4-15(8-16(17)18)25(23,24)21-14-6-12-2-3-13(7-14)20-12/h4-5,8-10,12-14,20-21H,2-3,6-7H2,1H3. The number of piperidine rings is 1. The summed E-state index contributed by atoms with van der Waals surface area (Å²) in [7, 11) is -3.74. The molecule has 134 valence electrons. The van der Waals surface area contributed by atoms with Gasteiger partial charge in [0.2, 0.25) is 10.0 Å². The van der Waals surface area contributed by atoms with Gasteiger partial charge in [0.1, 0.15) is 11.5 Å². The van der Waals surface area contributed by atoms with Gasteiger partial charge in [0.15, 0.2) is 0 Å². The third-order valence-corrected chi connectivity index (χ3v) is 6.50. The smallest absolute Gasteiger partial charge is 0.240 e. The number of aromatic nitrogens is 2. The van der Waals surface area contributed by atoms with Crippen molar-refractivity contribution in [1.29, 1.82) is 0 Å². The van der Waals surface area contributed by atoms with Crippen LogP contribution in [0.4, 0.5) is 4.39 Å². The Bertz CT molecular complexity index is 884. The van der Waals surface area contributed by atoms with Crippen molar-refractivity contribution >= 4 is 10.0 Å². The molecule has 0 radical (unpaired) electrons. The maximum absolute atomic E-state index is 14.4. The fourth-order valence-corrected chi connectivity index (χ4v) is 5.10. The first-order valence-corrected chi connectivity index (χ1v) is 9.98. The molecule has 1 aromatic heterocycles. The average Bonchev–Trinajstić information content (AvgIpc) is 3.12. The number of nitrogens with zero attached hydrogens (tertiary/aromatic N) is 2. The maximum atomic E-state index is 14.4. The molecule has 6 nitrogen and oxygen atoms in total. The monoisotopic (exact) mass is 364 g/mol. The molecule has 0 amide bonds. The molecule has 2 fully saturated rings. The quantitative estimate of drug-likeness (QED) is 0.869. The molecule has 25 heavy (non-hydrogen) atoms. The summed E-state index contributed by atoms with van der Waals surface area (Å²) in [6.07, 6.45) is 7.06. The minimum absolute atomic E-state index is 0.0523. The van der Waals surface area contributed by atoms with Gasteiger partial charge in [-0.2, -0.15) is 5.10 Å². The Balaban J connectivity index is 1.55. The predicted molar refractivity (Wildman–Crippen MR) is 91.5 cm³/mol. The number of rotatable bonds is 4. The van der Waals surface area contributed by atoms with E-state index >= 15 is 0 Å². The highest BCUT2D eigenvalue weighted by Crippen LogP contribution is 2.28. The SMILES string of the molecule is Cc1cnn(-c2ccc(S(=O)(=O)NC3CC4CCC(C3)N4)cc2F)c1. The summed E-state index contributed by atoms with van der Waals surface area (Å²) in [5, 5.41) is 7.54. The van der Waals surface area contributed by atoms with E-state index in [2.05, 4.69) is 15.1 Å². The molecule has 0 spiro atoms. The Kier molecular flexibility index (Phi) is 4.13. The van der Waals surface area contributed by atoms with Crippen LogP contribution in [0.1, 0.15) is 31.2 Å². The third kappa shape index (κ3) is 3.33. The molecule has 2 bridgehead atoms. The number of hydrogen-bond donors (Lipinski definition) is 2. The molecule has 2 aliphatic rings. The first kappa shape index (κ1) is 16.7. The van der Waals surface area contributed by atoms with Crippen LogP contribution in [0.5, 0.6) is 0 Å². The van der Waals surface area contributed by atoms with E-state index in [1.54, 1.807) is 12.4 Å². The van der Waals surface area contributed by atoms with Crippen LogP contribution < -0.4 is 10.0 Å².